The highest BCUT2D eigenvalue weighted by atomic mass is 16.5. The SMILES string of the molecule is COc1ccc(COCCc2ccc(C(=O)O)cc2)cc1. The molecule has 4 heteroatoms. The second-order valence-electron chi connectivity index (χ2n) is 4.65. The van der Waals surface area contributed by atoms with Gasteiger partial charge in [-0.2, -0.15) is 0 Å². The summed E-state index contributed by atoms with van der Waals surface area (Å²) in [6.45, 7) is 1.15. The molecule has 0 fully saturated rings. The summed E-state index contributed by atoms with van der Waals surface area (Å²) in [6, 6.07) is 14.6. The Kier molecular flexibility index (Phi) is 5.35. The molecule has 0 radical (unpaired) electrons. The minimum atomic E-state index is -0.905. The molecule has 0 aliphatic rings. The summed E-state index contributed by atoms with van der Waals surface area (Å²) in [4.78, 5) is 10.7. The van der Waals surface area contributed by atoms with Gasteiger partial charge in [0.25, 0.3) is 0 Å². The van der Waals surface area contributed by atoms with Gasteiger partial charge in [0.15, 0.2) is 0 Å². The van der Waals surface area contributed by atoms with Gasteiger partial charge >= 0.3 is 5.97 Å². The Balaban J connectivity index is 1.74. The number of carboxylic acids is 1. The number of rotatable bonds is 7. The van der Waals surface area contributed by atoms with Crippen molar-refractivity contribution in [2.45, 2.75) is 13.0 Å². The predicted octanol–water partition coefficient (Wildman–Crippen LogP) is 3.15. The second kappa shape index (κ2) is 7.45. The average molecular weight is 286 g/mol. The Hall–Kier alpha value is -2.33. The number of methoxy groups -OCH3 is 1. The zero-order valence-electron chi connectivity index (χ0n) is 11.9. The molecule has 2 aromatic rings. The molecule has 21 heavy (non-hydrogen) atoms. The number of benzene rings is 2. The first-order valence-corrected chi connectivity index (χ1v) is 6.72. The Morgan fingerprint density at radius 2 is 1.62 bits per heavy atom. The molecule has 0 bridgehead atoms. The molecule has 0 aromatic heterocycles. The van der Waals surface area contributed by atoms with Crippen molar-refractivity contribution >= 4 is 5.97 Å². The van der Waals surface area contributed by atoms with Crippen LogP contribution in [0.25, 0.3) is 0 Å². The summed E-state index contributed by atoms with van der Waals surface area (Å²) in [5.41, 5.74) is 2.46. The van der Waals surface area contributed by atoms with Crippen LogP contribution in [0.1, 0.15) is 21.5 Å². The third-order valence-corrected chi connectivity index (χ3v) is 3.16. The van der Waals surface area contributed by atoms with E-state index in [1.54, 1.807) is 19.2 Å². The van der Waals surface area contributed by atoms with Gasteiger partial charge in [0.05, 0.1) is 25.9 Å². The highest BCUT2D eigenvalue weighted by molar-refractivity contribution is 5.87. The lowest BCUT2D eigenvalue weighted by Crippen LogP contribution is -2.00. The summed E-state index contributed by atoms with van der Waals surface area (Å²) in [6.07, 6.45) is 0.760. The summed E-state index contributed by atoms with van der Waals surface area (Å²) < 4.78 is 10.7. The van der Waals surface area contributed by atoms with E-state index in [-0.39, 0.29) is 0 Å². The maximum absolute atomic E-state index is 10.7. The van der Waals surface area contributed by atoms with Crippen LogP contribution in [0, 0.1) is 0 Å². The van der Waals surface area contributed by atoms with E-state index in [9.17, 15) is 4.79 Å². The van der Waals surface area contributed by atoms with Crippen molar-refractivity contribution in [1.29, 1.82) is 0 Å². The zero-order chi connectivity index (χ0) is 15.1. The summed E-state index contributed by atoms with van der Waals surface area (Å²) in [5, 5.41) is 8.82. The van der Waals surface area contributed by atoms with E-state index in [1.165, 1.54) is 0 Å². The van der Waals surface area contributed by atoms with Gasteiger partial charge in [-0.3, -0.25) is 0 Å². The van der Waals surface area contributed by atoms with Crippen LogP contribution in [-0.2, 0) is 17.8 Å². The van der Waals surface area contributed by atoms with E-state index in [1.807, 2.05) is 36.4 Å². The van der Waals surface area contributed by atoms with Crippen molar-refractivity contribution < 1.29 is 19.4 Å². The van der Waals surface area contributed by atoms with Crippen LogP contribution in [0.4, 0.5) is 0 Å². The van der Waals surface area contributed by atoms with Crippen LogP contribution in [0.5, 0.6) is 5.75 Å². The number of hydrogen-bond donors (Lipinski definition) is 1. The van der Waals surface area contributed by atoms with Gasteiger partial charge in [-0.1, -0.05) is 24.3 Å². The zero-order valence-corrected chi connectivity index (χ0v) is 11.9. The lowest BCUT2D eigenvalue weighted by molar-refractivity contribution is 0.0697. The first kappa shape index (κ1) is 15.1. The second-order valence-corrected chi connectivity index (χ2v) is 4.65. The van der Waals surface area contributed by atoms with Gasteiger partial charge in [-0.05, 0) is 41.8 Å². The Labute approximate surface area is 123 Å². The molecule has 0 spiro atoms. The van der Waals surface area contributed by atoms with Crippen molar-refractivity contribution in [3.63, 3.8) is 0 Å². The number of hydrogen-bond acceptors (Lipinski definition) is 3. The van der Waals surface area contributed by atoms with E-state index in [2.05, 4.69) is 0 Å². The number of carbonyl (C=O) groups is 1. The van der Waals surface area contributed by atoms with Crippen molar-refractivity contribution in [2.75, 3.05) is 13.7 Å². The third kappa shape index (κ3) is 4.61. The highest BCUT2D eigenvalue weighted by Gasteiger charge is 2.01. The normalized spacial score (nSPS) is 10.3. The minimum absolute atomic E-state index is 0.304. The van der Waals surface area contributed by atoms with Crippen LogP contribution in [0.15, 0.2) is 48.5 Å². The molecular formula is C17H18O4. The quantitative estimate of drug-likeness (QED) is 0.794. The fraction of sp³-hybridized carbons (Fsp3) is 0.235. The minimum Gasteiger partial charge on any atom is -0.497 e. The molecule has 0 atom stereocenters. The van der Waals surface area contributed by atoms with Gasteiger partial charge in [0.1, 0.15) is 5.75 Å². The van der Waals surface area contributed by atoms with Crippen LogP contribution in [0.2, 0.25) is 0 Å². The average Bonchev–Trinajstić information content (AvgIpc) is 2.52. The van der Waals surface area contributed by atoms with Crippen molar-refractivity contribution in [1.82, 2.24) is 0 Å². The van der Waals surface area contributed by atoms with Gasteiger partial charge in [-0.25, -0.2) is 4.79 Å². The van der Waals surface area contributed by atoms with E-state index in [4.69, 9.17) is 14.6 Å². The predicted molar refractivity (Wildman–Crippen MR) is 79.8 cm³/mol. The van der Waals surface area contributed by atoms with Crippen molar-refractivity contribution in [3.05, 3.63) is 65.2 Å². The molecule has 0 amide bonds. The molecule has 2 aromatic carbocycles. The van der Waals surface area contributed by atoms with Crippen molar-refractivity contribution in [3.8, 4) is 5.75 Å². The molecule has 0 saturated heterocycles. The van der Waals surface area contributed by atoms with Gasteiger partial charge in [0.2, 0.25) is 0 Å². The van der Waals surface area contributed by atoms with Crippen LogP contribution in [0.3, 0.4) is 0 Å². The van der Waals surface area contributed by atoms with Gasteiger partial charge < -0.3 is 14.6 Å². The smallest absolute Gasteiger partial charge is 0.335 e. The summed E-state index contributed by atoms with van der Waals surface area (Å²) >= 11 is 0. The highest BCUT2D eigenvalue weighted by Crippen LogP contribution is 2.12. The van der Waals surface area contributed by atoms with Crippen LogP contribution >= 0.6 is 0 Å². The lowest BCUT2D eigenvalue weighted by atomic mass is 10.1. The van der Waals surface area contributed by atoms with Gasteiger partial charge in [-0.15, -0.1) is 0 Å². The topological polar surface area (TPSA) is 55.8 Å². The number of carboxylic acid groups (broad SMARTS) is 1. The molecular weight excluding hydrogens is 268 g/mol. The maximum Gasteiger partial charge on any atom is 0.335 e. The molecule has 0 aliphatic heterocycles. The Morgan fingerprint density at radius 1 is 1.00 bits per heavy atom. The van der Waals surface area contributed by atoms with E-state index in [0.717, 1.165) is 23.3 Å². The molecule has 0 heterocycles. The first-order chi connectivity index (χ1) is 10.2. The summed E-state index contributed by atoms with van der Waals surface area (Å²) in [5.74, 6) is -0.0745. The maximum atomic E-state index is 10.7. The molecule has 0 unspecified atom stereocenters. The molecule has 1 N–H and O–H groups in total. The Morgan fingerprint density at radius 3 is 2.19 bits per heavy atom. The number of aromatic carboxylic acids is 1. The van der Waals surface area contributed by atoms with Crippen LogP contribution in [-0.4, -0.2) is 24.8 Å². The van der Waals surface area contributed by atoms with E-state index < -0.39 is 5.97 Å². The van der Waals surface area contributed by atoms with E-state index in [0.29, 0.717) is 18.8 Å². The first-order valence-electron chi connectivity index (χ1n) is 6.72. The van der Waals surface area contributed by atoms with Gasteiger partial charge in [0, 0.05) is 0 Å². The molecule has 2 rings (SSSR count). The van der Waals surface area contributed by atoms with E-state index >= 15 is 0 Å². The largest absolute Gasteiger partial charge is 0.497 e. The molecule has 110 valence electrons. The van der Waals surface area contributed by atoms with Crippen molar-refractivity contribution in [2.24, 2.45) is 0 Å². The molecule has 0 saturated carbocycles. The fourth-order valence-corrected chi connectivity index (χ4v) is 1.92. The lowest BCUT2D eigenvalue weighted by Gasteiger charge is -2.06. The Bertz CT molecular complexity index is 573. The number of ether oxygens (including phenoxy) is 2. The van der Waals surface area contributed by atoms with Crippen LogP contribution < -0.4 is 4.74 Å². The standard InChI is InChI=1S/C17H18O4/c1-20-16-8-4-14(5-9-16)12-21-11-10-13-2-6-15(7-3-13)17(18)19/h2-9H,10-12H2,1H3,(H,18,19). The molecule has 0 aliphatic carbocycles. The monoisotopic (exact) mass is 286 g/mol. The molecule has 4 nitrogen and oxygen atoms in total. The summed E-state index contributed by atoms with van der Waals surface area (Å²) in [7, 11) is 1.64. The third-order valence-electron chi connectivity index (χ3n) is 3.16. The fourth-order valence-electron chi connectivity index (χ4n) is 1.92.